The fraction of sp³-hybridized carbons (Fsp3) is 0.455. The summed E-state index contributed by atoms with van der Waals surface area (Å²) < 4.78 is 25.9. The van der Waals surface area contributed by atoms with Crippen LogP contribution < -0.4 is 5.73 Å². The van der Waals surface area contributed by atoms with Gasteiger partial charge in [-0.2, -0.15) is 4.31 Å². The molecule has 3 N–H and O–H groups in total. The van der Waals surface area contributed by atoms with E-state index in [1.165, 1.54) is 16.4 Å². The Balaban J connectivity index is 2.28. The first-order valence-electron chi connectivity index (χ1n) is 5.55. The van der Waals surface area contributed by atoms with Crippen LogP contribution in [0.3, 0.4) is 0 Å². The Morgan fingerprint density at radius 3 is 2.41 bits per heavy atom. The zero-order valence-electron chi connectivity index (χ0n) is 9.41. The summed E-state index contributed by atoms with van der Waals surface area (Å²) in [6.45, 7) is 0.829. The molecule has 5 nitrogen and oxygen atoms in total. The van der Waals surface area contributed by atoms with E-state index in [1.54, 1.807) is 12.1 Å². The maximum Gasteiger partial charge on any atom is 0.246 e. The van der Waals surface area contributed by atoms with E-state index >= 15 is 0 Å². The summed E-state index contributed by atoms with van der Waals surface area (Å²) >= 11 is 0. The van der Waals surface area contributed by atoms with E-state index in [4.69, 9.17) is 5.73 Å². The largest absolute Gasteiger partial charge is 0.507 e. The van der Waals surface area contributed by atoms with E-state index in [0.717, 1.165) is 0 Å². The molecule has 1 aromatic carbocycles. The molecule has 0 amide bonds. The number of hydrogen-bond acceptors (Lipinski definition) is 4. The number of rotatable bonds is 2. The molecule has 0 aromatic heterocycles. The Bertz CT molecular complexity index is 493. The zero-order valence-corrected chi connectivity index (χ0v) is 10.2. The third-order valence-corrected chi connectivity index (χ3v) is 4.93. The Morgan fingerprint density at radius 2 is 1.82 bits per heavy atom. The monoisotopic (exact) mass is 256 g/mol. The summed E-state index contributed by atoms with van der Waals surface area (Å²) in [5.41, 5.74) is 5.74. The van der Waals surface area contributed by atoms with Crippen LogP contribution >= 0.6 is 0 Å². The van der Waals surface area contributed by atoms with Gasteiger partial charge in [0.15, 0.2) is 0 Å². The van der Waals surface area contributed by atoms with E-state index in [1.807, 2.05) is 0 Å². The molecule has 0 spiro atoms. The number of aromatic hydroxyl groups is 1. The van der Waals surface area contributed by atoms with Crippen LogP contribution in [0.5, 0.6) is 5.75 Å². The van der Waals surface area contributed by atoms with Crippen LogP contribution in [0.25, 0.3) is 0 Å². The molecule has 1 aliphatic rings. The summed E-state index contributed by atoms with van der Waals surface area (Å²) in [6, 6.07) is 6.07. The van der Waals surface area contributed by atoms with Crippen LogP contribution in [0.15, 0.2) is 29.2 Å². The average molecular weight is 256 g/mol. The van der Waals surface area contributed by atoms with Gasteiger partial charge in [0.2, 0.25) is 10.0 Å². The number of piperidine rings is 1. The minimum absolute atomic E-state index is 0.0320. The van der Waals surface area contributed by atoms with Crippen molar-refractivity contribution in [1.82, 2.24) is 4.31 Å². The lowest BCUT2D eigenvalue weighted by Gasteiger charge is -2.29. The molecule has 1 fully saturated rings. The third kappa shape index (κ3) is 2.43. The van der Waals surface area contributed by atoms with Crippen molar-refractivity contribution in [2.75, 3.05) is 13.1 Å². The second kappa shape index (κ2) is 4.64. The van der Waals surface area contributed by atoms with Gasteiger partial charge in [0, 0.05) is 19.1 Å². The molecule has 0 saturated carbocycles. The molecule has 1 saturated heterocycles. The van der Waals surface area contributed by atoms with Gasteiger partial charge < -0.3 is 10.8 Å². The van der Waals surface area contributed by atoms with Gasteiger partial charge in [0.05, 0.1) is 0 Å². The fourth-order valence-electron chi connectivity index (χ4n) is 1.93. The van der Waals surface area contributed by atoms with Gasteiger partial charge in [-0.05, 0) is 25.0 Å². The molecule has 0 radical (unpaired) electrons. The number of para-hydroxylation sites is 1. The molecule has 1 aliphatic heterocycles. The van der Waals surface area contributed by atoms with Crippen LogP contribution in [0.1, 0.15) is 12.8 Å². The third-order valence-electron chi connectivity index (χ3n) is 2.98. The minimum Gasteiger partial charge on any atom is -0.507 e. The number of hydrogen-bond donors (Lipinski definition) is 2. The Hall–Kier alpha value is -1.11. The van der Waals surface area contributed by atoms with Gasteiger partial charge in [-0.1, -0.05) is 12.1 Å². The van der Waals surface area contributed by atoms with E-state index in [-0.39, 0.29) is 16.7 Å². The predicted molar refractivity (Wildman–Crippen MR) is 64.1 cm³/mol. The number of phenols is 1. The Morgan fingerprint density at radius 1 is 1.24 bits per heavy atom. The van der Waals surface area contributed by atoms with Gasteiger partial charge >= 0.3 is 0 Å². The zero-order chi connectivity index (χ0) is 12.5. The van der Waals surface area contributed by atoms with Gasteiger partial charge in [0.1, 0.15) is 10.6 Å². The Labute approximate surface area is 101 Å². The second-order valence-corrected chi connectivity index (χ2v) is 6.12. The standard InChI is InChI=1S/C11H16N2O3S/c12-9-5-7-13(8-6-9)17(15,16)11-4-2-1-3-10(11)14/h1-4,9,14H,5-8,12H2. The smallest absolute Gasteiger partial charge is 0.246 e. The van der Waals surface area contributed by atoms with Crippen molar-refractivity contribution in [1.29, 1.82) is 0 Å². The number of nitrogens with two attached hydrogens (primary N) is 1. The van der Waals surface area contributed by atoms with E-state index in [0.29, 0.717) is 25.9 Å². The lowest BCUT2D eigenvalue weighted by molar-refractivity contribution is 0.318. The number of nitrogens with zero attached hydrogens (tertiary/aromatic N) is 1. The molecule has 0 aliphatic carbocycles. The number of phenolic OH excluding ortho intramolecular Hbond substituents is 1. The van der Waals surface area contributed by atoms with Crippen LogP contribution in [-0.2, 0) is 10.0 Å². The van der Waals surface area contributed by atoms with Crippen molar-refractivity contribution < 1.29 is 13.5 Å². The highest BCUT2D eigenvalue weighted by Crippen LogP contribution is 2.26. The van der Waals surface area contributed by atoms with Crippen molar-refractivity contribution in [3.05, 3.63) is 24.3 Å². The van der Waals surface area contributed by atoms with Crippen molar-refractivity contribution >= 4 is 10.0 Å². The molecule has 1 aromatic rings. The first-order valence-corrected chi connectivity index (χ1v) is 6.99. The van der Waals surface area contributed by atoms with Crippen LogP contribution in [0.2, 0.25) is 0 Å². The first kappa shape index (κ1) is 12.3. The second-order valence-electron chi connectivity index (χ2n) is 4.21. The fourth-order valence-corrected chi connectivity index (χ4v) is 3.48. The van der Waals surface area contributed by atoms with E-state index in [2.05, 4.69) is 0 Å². The molecule has 6 heteroatoms. The summed E-state index contributed by atoms with van der Waals surface area (Å²) in [4.78, 5) is -0.0320. The molecule has 1 heterocycles. The van der Waals surface area contributed by atoms with Crippen molar-refractivity contribution in [2.24, 2.45) is 5.73 Å². The van der Waals surface area contributed by atoms with Crippen molar-refractivity contribution in [3.63, 3.8) is 0 Å². The summed E-state index contributed by atoms with van der Waals surface area (Å²) in [5, 5.41) is 9.60. The summed E-state index contributed by atoms with van der Waals surface area (Å²) in [5.74, 6) is -0.206. The molecule has 0 unspecified atom stereocenters. The maximum absolute atomic E-state index is 12.2. The highest BCUT2D eigenvalue weighted by molar-refractivity contribution is 7.89. The van der Waals surface area contributed by atoms with Gasteiger partial charge in [-0.25, -0.2) is 8.42 Å². The lowest BCUT2D eigenvalue weighted by atomic mass is 10.1. The predicted octanol–water partition coefficient (Wildman–Crippen LogP) is 0.504. The van der Waals surface area contributed by atoms with Crippen LogP contribution in [0.4, 0.5) is 0 Å². The molecule has 2 rings (SSSR count). The molecular formula is C11H16N2O3S. The summed E-state index contributed by atoms with van der Waals surface area (Å²) in [7, 11) is -3.59. The van der Waals surface area contributed by atoms with Gasteiger partial charge in [-0.15, -0.1) is 0 Å². The molecule has 0 atom stereocenters. The Kier molecular flexibility index (Phi) is 3.37. The SMILES string of the molecule is NC1CCN(S(=O)(=O)c2ccccc2O)CC1. The topological polar surface area (TPSA) is 83.6 Å². The van der Waals surface area contributed by atoms with Gasteiger partial charge in [0.25, 0.3) is 0 Å². The average Bonchev–Trinajstić information content (AvgIpc) is 2.30. The van der Waals surface area contributed by atoms with Crippen LogP contribution in [-0.4, -0.2) is 37.0 Å². The highest BCUT2D eigenvalue weighted by Gasteiger charge is 2.29. The number of benzene rings is 1. The maximum atomic E-state index is 12.2. The lowest BCUT2D eigenvalue weighted by Crippen LogP contribution is -2.42. The van der Waals surface area contributed by atoms with E-state index in [9.17, 15) is 13.5 Å². The molecular weight excluding hydrogens is 240 g/mol. The van der Waals surface area contributed by atoms with Gasteiger partial charge in [-0.3, -0.25) is 0 Å². The minimum atomic E-state index is -3.59. The molecule has 94 valence electrons. The first-order chi connectivity index (χ1) is 8.01. The van der Waals surface area contributed by atoms with Crippen molar-refractivity contribution in [3.8, 4) is 5.75 Å². The normalized spacial score (nSPS) is 19.4. The highest BCUT2D eigenvalue weighted by atomic mass is 32.2. The molecule has 0 bridgehead atoms. The quantitative estimate of drug-likeness (QED) is 0.807. The number of sulfonamides is 1. The molecule has 17 heavy (non-hydrogen) atoms. The van der Waals surface area contributed by atoms with E-state index < -0.39 is 10.0 Å². The van der Waals surface area contributed by atoms with Crippen molar-refractivity contribution in [2.45, 2.75) is 23.8 Å². The summed E-state index contributed by atoms with van der Waals surface area (Å²) in [6.07, 6.45) is 1.32. The van der Waals surface area contributed by atoms with Crippen LogP contribution in [0, 0.1) is 0 Å².